The fourth-order valence-corrected chi connectivity index (χ4v) is 4.37. The van der Waals surface area contributed by atoms with Crippen molar-refractivity contribution in [1.29, 1.82) is 0 Å². The molecule has 2 saturated heterocycles. The first-order valence-corrected chi connectivity index (χ1v) is 10.1. The summed E-state index contributed by atoms with van der Waals surface area (Å²) >= 11 is 0. The van der Waals surface area contributed by atoms with Gasteiger partial charge in [-0.3, -0.25) is 4.79 Å². The van der Waals surface area contributed by atoms with Crippen molar-refractivity contribution < 1.29 is 28.5 Å². The Labute approximate surface area is 164 Å². The number of hydrogen-bond donors (Lipinski definition) is 0. The molecule has 0 spiro atoms. The predicted octanol–water partition coefficient (Wildman–Crippen LogP) is 3.77. The first kappa shape index (κ1) is 22.6. The Morgan fingerprint density at radius 3 is 2.15 bits per heavy atom. The third kappa shape index (κ3) is 5.66. The summed E-state index contributed by atoms with van der Waals surface area (Å²) in [7, 11) is 0. The molecule has 0 aromatic rings. The van der Waals surface area contributed by atoms with Crippen LogP contribution in [0.15, 0.2) is 0 Å². The second-order valence-corrected chi connectivity index (χ2v) is 9.33. The molecule has 6 nitrogen and oxygen atoms in total. The lowest BCUT2D eigenvalue weighted by molar-refractivity contribution is -0.354. The van der Waals surface area contributed by atoms with Gasteiger partial charge in [-0.25, -0.2) is 0 Å². The zero-order valence-electron chi connectivity index (χ0n) is 18.4. The van der Waals surface area contributed by atoms with E-state index in [1.165, 1.54) is 6.92 Å². The van der Waals surface area contributed by atoms with Gasteiger partial charge in [0.15, 0.2) is 11.6 Å². The third-order valence-corrected chi connectivity index (χ3v) is 5.70. The standard InChI is InChI=1S/C21H38O6/c1-12(10-23-16(5)22)17-14(3)19(27-21(8,9)26-17)15(4)18-13(2)11-24-20(6,7)25-18/h12-15,17-19H,10-11H2,1-9H3/t12-,13+,14+,15-,17-,18+,19+/m1/s1. The molecule has 0 aromatic heterocycles. The molecule has 27 heavy (non-hydrogen) atoms. The molecule has 0 bridgehead atoms. The van der Waals surface area contributed by atoms with Gasteiger partial charge in [0.25, 0.3) is 0 Å². The lowest BCUT2D eigenvalue weighted by atomic mass is 9.78. The van der Waals surface area contributed by atoms with Gasteiger partial charge >= 0.3 is 5.97 Å². The molecule has 0 aliphatic carbocycles. The first-order chi connectivity index (χ1) is 12.3. The number of ether oxygens (including phenoxy) is 5. The van der Waals surface area contributed by atoms with Crippen molar-refractivity contribution >= 4 is 5.97 Å². The summed E-state index contributed by atoms with van der Waals surface area (Å²) < 4.78 is 29.9. The summed E-state index contributed by atoms with van der Waals surface area (Å²) in [6, 6.07) is 0. The fourth-order valence-electron chi connectivity index (χ4n) is 4.37. The van der Waals surface area contributed by atoms with Gasteiger partial charge in [-0.05, 0) is 27.7 Å². The summed E-state index contributed by atoms with van der Waals surface area (Å²) in [6.07, 6.45) is -0.0527. The van der Waals surface area contributed by atoms with Gasteiger partial charge < -0.3 is 23.7 Å². The van der Waals surface area contributed by atoms with E-state index >= 15 is 0 Å². The average molecular weight is 387 g/mol. The summed E-state index contributed by atoms with van der Waals surface area (Å²) in [4.78, 5) is 11.2. The van der Waals surface area contributed by atoms with Crippen LogP contribution in [0.3, 0.4) is 0 Å². The van der Waals surface area contributed by atoms with Crippen LogP contribution in [-0.4, -0.2) is 49.1 Å². The summed E-state index contributed by atoms with van der Waals surface area (Å²) in [5.41, 5.74) is 0. The number of esters is 1. The molecule has 0 aromatic carbocycles. The summed E-state index contributed by atoms with van der Waals surface area (Å²) in [5.74, 6) is -0.887. The molecule has 0 radical (unpaired) electrons. The number of carbonyl (C=O) groups excluding carboxylic acids is 1. The van der Waals surface area contributed by atoms with Crippen molar-refractivity contribution in [2.45, 2.75) is 92.2 Å². The average Bonchev–Trinajstić information content (AvgIpc) is 2.56. The Morgan fingerprint density at radius 1 is 1.00 bits per heavy atom. The molecule has 158 valence electrons. The Bertz CT molecular complexity index is 517. The van der Waals surface area contributed by atoms with Crippen molar-refractivity contribution in [2.24, 2.45) is 23.7 Å². The Morgan fingerprint density at radius 2 is 1.56 bits per heavy atom. The van der Waals surface area contributed by atoms with Gasteiger partial charge in [0, 0.05) is 30.6 Å². The van der Waals surface area contributed by atoms with Gasteiger partial charge in [-0.1, -0.05) is 27.7 Å². The van der Waals surface area contributed by atoms with E-state index in [0.717, 1.165) is 0 Å². The highest BCUT2D eigenvalue weighted by atomic mass is 16.7. The molecule has 2 heterocycles. The second kappa shape index (κ2) is 8.36. The normalized spacial score (nSPS) is 38.0. The van der Waals surface area contributed by atoms with E-state index in [-0.39, 0.29) is 48.0 Å². The van der Waals surface area contributed by atoms with Gasteiger partial charge in [-0.2, -0.15) is 0 Å². The Balaban J connectivity index is 2.17. The Kier molecular flexibility index (Phi) is 6.99. The smallest absolute Gasteiger partial charge is 0.302 e. The van der Waals surface area contributed by atoms with Gasteiger partial charge in [0.1, 0.15) is 0 Å². The summed E-state index contributed by atoms with van der Waals surface area (Å²) in [6.45, 7) is 18.8. The third-order valence-electron chi connectivity index (χ3n) is 5.70. The van der Waals surface area contributed by atoms with Crippen LogP contribution in [0.1, 0.15) is 62.3 Å². The highest BCUT2D eigenvalue weighted by Crippen LogP contribution is 2.41. The second-order valence-electron chi connectivity index (χ2n) is 9.33. The molecule has 0 unspecified atom stereocenters. The molecule has 6 heteroatoms. The lowest BCUT2D eigenvalue weighted by Crippen LogP contribution is -2.58. The zero-order chi connectivity index (χ0) is 20.6. The van der Waals surface area contributed by atoms with E-state index in [1.54, 1.807) is 0 Å². The van der Waals surface area contributed by atoms with Crippen LogP contribution < -0.4 is 0 Å². The predicted molar refractivity (Wildman–Crippen MR) is 102 cm³/mol. The summed E-state index contributed by atoms with van der Waals surface area (Å²) in [5, 5.41) is 0. The molecule has 2 fully saturated rings. The molecule has 0 saturated carbocycles. The van der Waals surface area contributed by atoms with Crippen LogP contribution in [-0.2, 0) is 28.5 Å². The quantitative estimate of drug-likeness (QED) is 0.670. The molecule has 0 amide bonds. The minimum absolute atomic E-state index is 0.0279. The molecule has 0 N–H and O–H groups in total. The molecule has 2 aliphatic rings. The van der Waals surface area contributed by atoms with Crippen LogP contribution in [0.5, 0.6) is 0 Å². The molecule has 2 rings (SSSR count). The van der Waals surface area contributed by atoms with Crippen LogP contribution >= 0.6 is 0 Å². The maximum absolute atomic E-state index is 11.2. The van der Waals surface area contributed by atoms with Crippen LogP contribution in [0.25, 0.3) is 0 Å². The molecule has 2 aliphatic heterocycles. The van der Waals surface area contributed by atoms with E-state index in [1.807, 2.05) is 27.7 Å². The minimum Gasteiger partial charge on any atom is -0.465 e. The SMILES string of the molecule is CC(=O)OC[C@@H](C)[C@H]1OC(C)(C)O[C@H]([C@H](C)[C@H]2OC(C)(C)OC[C@@H]2C)[C@H]1C. The van der Waals surface area contributed by atoms with Crippen LogP contribution in [0.2, 0.25) is 0 Å². The maximum atomic E-state index is 11.2. The van der Waals surface area contributed by atoms with E-state index < -0.39 is 11.6 Å². The van der Waals surface area contributed by atoms with E-state index in [0.29, 0.717) is 13.2 Å². The zero-order valence-corrected chi connectivity index (χ0v) is 18.4. The molecule has 7 atom stereocenters. The van der Waals surface area contributed by atoms with Crippen molar-refractivity contribution in [3.8, 4) is 0 Å². The molecular formula is C21H38O6. The Hall–Kier alpha value is -0.690. The fraction of sp³-hybridized carbons (Fsp3) is 0.952. The lowest BCUT2D eigenvalue weighted by Gasteiger charge is -2.51. The number of rotatable bonds is 5. The minimum atomic E-state index is -0.704. The van der Waals surface area contributed by atoms with Crippen LogP contribution in [0, 0.1) is 23.7 Å². The van der Waals surface area contributed by atoms with Gasteiger partial charge in [0.2, 0.25) is 0 Å². The van der Waals surface area contributed by atoms with Crippen molar-refractivity contribution in [3.05, 3.63) is 0 Å². The number of carbonyl (C=O) groups is 1. The monoisotopic (exact) mass is 386 g/mol. The van der Waals surface area contributed by atoms with E-state index in [2.05, 4.69) is 27.7 Å². The van der Waals surface area contributed by atoms with Crippen molar-refractivity contribution in [1.82, 2.24) is 0 Å². The van der Waals surface area contributed by atoms with Gasteiger partial charge in [-0.15, -0.1) is 0 Å². The highest BCUT2D eigenvalue weighted by Gasteiger charge is 2.49. The maximum Gasteiger partial charge on any atom is 0.302 e. The van der Waals surface area contributed by atoms with Crippen molar-refractivity contribution in [2.75, 3.05) is 13.2 Å². The number of hydrogen-bond acceptors (Lipinski definition) is 6. The van der Waals surface area contributed by atoms with Crippen molar-refractivity contribution in [3.63, 3.8) is 0 Å². The van der Waals surface area contributed by atoms with Gasteiger partial charge in [0.05, 0.1) is 31.5 Å². The van der Waals surface area contributed by atoms with Crippen LogP contribution in [0.4, 0.5) is 0 Å². The first-order valence-electron chi connectivity index (χ1n) is 10.1. The topological polar surface area (TPSA) is 63.2 Å². The largest absolute Gasteiger partial charge is 0.465 e. The highest BCUT2D eigenvalue weighted by molar-refractivity contribution is 5.65. The van der Waals surface area contributed by atoms with E-state index in [9.17, 15) is 4.79 Å². The van der Waals surface area contributed by atoms with E-state index in [4.69, 9.17) is 23.7 Å². The molecular weight excluding hydrogens is 348 g/mol.